The maximum absolute atomic E-state index is 5.71. The van der Waals surface area contributed by atoms with E-state index in [1.54, 1.807) is 0 Å². The number of alkyl halides is 1. The lowest BCUT2D eigenvalue weighted by atomic mass is 10.1. The zero-order valence-electron chi connectivity index (χ0n) is 7.35. The summed E-state index contributed by atoms with van der Waals surface area (Å²) in [7, 11) is 0. The molecule has 1 heterocycles. The first-order valence-corrected chi connectivity index (χ1v) is 5.18. The van der Waals surface area contributed by atoms with Gasteiger partial charge in [-0.3, -0.25) is 4.90 Å². The van der Waals surface area contributed by atoms with Crippen LogP contribution in [-0.4, -0.2) is 29.9 Å². The number of halogens is 1. The molecular weight excluding hydrogens is 158 g/mol. The monoisotopic (exact) mass is 175 g/mol. The van der Waals surface area contributed by atoms with Crippen LogP contribution in [0.1, 0.15) is 32.6 Å². The van der Waals surface area contributed by atoms with E-state index in [1.165, 1.54) is 32.2 Å². The molecule has 0 bridgehead atoms. The van der Waals surface area contributed by atoms with Crippen LogP contribution in [0.15, 0.2) is 0 Å². The number of hydrogen-bond donors (Lipinski definition) is 0. The number of hydrogen-bond acceptors (Lipinski definition) is 1. The van der Waals surface area contributed by atoms with Gasteiger partial charge in [0.15, 0.2) is 0 Å². The van der Waals surface area contributed by atoms with Gasteiger partial charge in [-0.25, -0.2) is 0 Å². The standard InChI is InChI=1S/C9H18ClN/c1-9-5-3-2-4-7-11(9)8-6-10/h9H,2-8H2,1H3/t9-/m0/s1. The molecule has 66 valence electrons. The summed E-state index contributed by atoms with van der Waals surface area (Å²) in [5.74, 6) is 0.782. The average molecular weight is 176 g/mol. The van der Waals surface area contributed by atoms with Gasteiger partial charge in [0.1, 0.15) is 0 Å². The molecule has 1 nitrogen and oxygen atoms in total. The van der Waals surface area contributed by atoms with Gasteiger partial charge < -0.3 is 0 Å². The Morgan fingerprint density at radius 2 is 2.18 bits per heavy atom. The molecule has 0 aromatic carbocycles. The Labute approximate surface area is 74.7 Å². The first kappa shape index (κ1) is 9.34. The summed E-state index contributed by atoms with van der Waals surface area (Å²) in [5, 5.41) is 0. The van der Waals surface area contributed by atoms with Gasteiger partial charge in [0.05, 0.1) is 0 Å². The zero-order chi connectivity index (χ0) is 8.10. The van der Waals surface area contributed by atoms with E-state index in [2.05, 4.69) is 11.8 Å². The van der Waals surface area contributed by atoms with Gasteiger partial charge in [0, 0.05) is 18.5 Å². The summed E-state index contributed by atoms with van der Waals surface area (Å²) >= 11 is 5.71. The molecule has 0 radical (unpaired) electrons. The van der Waals surface area contributed by atoms with Crippen molar-refractivity contribution in [2.24, 2.45) is 0 Å². The van der Waals surface area contributed by atoms with Crippen LogP contribution in [0.25, 0.3) is 0 Å². The predicted octanol–water partition coefficient (Wildman–Crippen LogP) is 2.49. The molecule has 1 aliphatic rings. The Hall–Kier alpha value is 0.250. The number of rotatable bonds is 2. The van der Waals surface area contributed by atoms with Crippen LogP contribution >= 0.6 is 11.6 Å². The predicted molar refractivity (Wildman–Crippen MR) is 50.2 cm³/mol. The molecule has 0 aliphatic carbocycles. The fraction of sp³-hybridized carbons (Fsp3) is 1.00. The average Bonchev–Trinajstić information content (AvgIpc) is 2.18. The van der Waals surface area contributed by atoms with Gasteiger partial charge in [-0.1, -0.05) is 12.8 Å². The second-order valence-corrected chi connectivity index (χ2v) is 3.80. The van der Waals surface area contributed by atoms with Crippen LogP contribution in [0.3, 0.4) is 0 Å². The Bertz CT molecular complexity index is 106. The maximum atomic E-state index is 5.71. The lowest BCUT2D eigenvalue weighted by molar-refractivity contribution is 0.226. The molecule has 0 aromatic heterocycles. The highest BCUT2D eigenvalue weighted by molar-refractivity contribution is 6.18. The Kier molecular flexibility index (Phi) is 4.24. The van der Waals surface area contributed by atoms with Gasteiger partial charge >= 0.3 is 0 Å². The molecule has 0 unspecified atom stereocenters. The number of nitrogens with zero attached hydrogens (tertiary/aromatic N) is 1. The molecule has 11 heavy (non-hydrogen) atoms. The smallest absolute Gasteiger partial charge is 0.0351 e. The minimum atomic E-state index is 0.760. The normalized spacial score (nSPS) is 28.4. The highest BCUT2D eigenvalue weighted by Crippen LogP contribution is 2.15. The van der Waals surface area contributed by atoms with Crippen LogP contribution in [0.5, 0.6) is 0 Å². The molecule has 0 aromatic rings. The minimum absolute atomic E-state index is 0.760. The van der Waals surface area contributed by atoms with Crippen molar-refractivity contribution in [2.45, 2.75) is 38.6 Å². The lowest BCUT2D eigenvalue weighted by Gasteiger charge is -2.25. The van der Waals surface area contributed by atoms with Crippen LogP contribution in [0.2, 0.25) is 0 Å². The van der Waals surface area contributed by atoms with E-state index in [0.29, 0.717) is 0 Å². The van der Waals surface area contributed by atoms with Crippen molar-refractivity contribution in [1.29, 1.82) is 0 Å². The van der Waals surface area contributed by atoms with E-state index >= 15 is 0 Å². The summed E-state index contributed by atoms with van der Waals surface area (Å²) in [6.07, 6.45) is 5.53. The summed E-state index contributed by atoms with van der Waals surface area (Å²) in [5.41, 5.74) is 0. The Balaban J connectivity index is 2.32. The van der Waals surface area contributed by atoms with E-state index in [-0.39, 0.29) is 0 Å². The summed E-state index contributed by atoms with van der Waals surface area (Å²) in [6, 6.07) is 0.760. The van der Waals surface area contributed by atoms with Crippen molar-refractivity contribution >= 4 is 11.6 Å². The molecule has 1 atom stereocenters. The third-order valence-corrected chi connectivity index (χ3v) is 2.73. The van der Waals surface area contributed by atoms with Crippen molar-refractivity contribution in [1.82, 2.24) is 4.90 Å². The second-order valence-electron chi connectivity index (χ2n) is 3.42. The summed E-state index contributed by atoms with van der Waals surface area (Å²) < 4.78 is 0. The quantitative estimate of drug-likeness (QED) is 0.583. The van der Waals surface area contributed by atoms with Crippen molar-refractivity contribution in [3.8, 4) is 0 Å². The van der Waals surface area contributed by atoms with Gasteiger partial charge in [0.25, 0.3) is 0 Å². The highest BCUT2D eigenvalue weighted by Gasteiger charge is 2.15. The fourth-order valence-corrected chi connectivity index (χ4v) is 1.99. The van der Waals surface area contributed by atoms with Gasteiger partial charge in [-0.05, 0) is 26.3 Å². The fourth-order valence-electron chi connectivity index (χ4n) is 1.78. The van der Waals surface area contributed by atoms with Gasteiger partial charge in [-0.15, -0.1) is 11.6 Å². The van der Waals surface area contributed by atoms with Crippen molar-refractivity contribution in [3.05, 3.63) is 0 Å². The maximum Gasteiger partial charge on any atom is 0.0351 e. The molecule has 0 spiro atoms. The largest absolute Gasteiger partial charge is 0.299 e. The third-order valence-electron chi connectivity index (χ3n) is 2.56. The Morgan fingerprint density at radius 1 is 1.36 bits per heavy atom. The van der Waals surface area contributed by atoms with E-state index in [4.69, 9.17) is 11.6 Å². The lowest BCUT2D eigenvalue weighted by Crippen LogP contribution is -2.34. The first-order valence-electron chi connectivity index (χ1n) is 4.64. The summed E-state index contributed by atoms with van der Waals surface area (Å²) in [6.45, 7) is 4.65. The van der Waals surface area contributed by atoms with Crippen molar-refractivity contribution < 1.29 is 0 Å². The van der Waals surface area contributed by atoms with E-state index in [9.17, 15) is 0 Å². The van der Waals surface area contributed by atoms with E-state index in [0.717, 1.165) is 18.5 Å². The van der Waals surface area contributed by atoms with E-state index < -0.39 is 0 Å². The van der Waals surface area contributed by atoms with Crippen molar-refractivity contribution in [2.75, 3.05) is 19.0 Å². The van der Waals surface area contributed by atoms with Crippen LogP contribution < -0.4 is 0 Å². The van der Waals surface area contributed by atoms with Crippen LogP contribution in [0.4, 0.5) is 0 Å². The zero-order valence-corrected chi connectivity index (χ0v) is 8.11. The molecule has 1 rings (SSSR count). The second kappa shape index (κ2) is 5.00. The molecule has 1 fully saturated rings. The molecular formula is C9H18ClN. The topological polar surface area (TPSA) is 3.24 Å². The number of likely N-dealkylation sites (tertiary alicyclic amines) is 1. The molecule has 0 N–H and O–H groups in total. The molecule has 2 heteroatoms. The third kappa shape index (κ3) is 3.00. The van der Waals surface area contributed by atoms with Crippen LogP contribution in [-0.2, 0) is 0 Å². The summed E-state index contributed by atoms with van der Waals surface area (Å²) in [4.78, 5) is 2.51. The van der Waals surface area contributed by atoms with E-state index in [1.807, 2.05) is 0 Å². The first-order chi connectivity index (χ1) is 5.34. The van der Waals surface area contributed by atoms with Gasteiger partial charge in [0.2, 0.25) is 0 Å². The molecule has 1 saturated heterocycles. The van der Waals surface area contributed by atoms with Gasteiger partial charge in [-0.2, -0.15) is 0 Å². The molecule has 0 amide bonds. The molecule has 0 saturated carbocycles. The minimum Gasteiger partial charge on any atom is -0.299 e. The molecule has 1 aliphatic heterocycles. The van der Waals surface area contributed by atoms with Crippen LogP contribution in [0, 0.1) is 0 Å². The van der Waals surface area contributed by atoms with Crippen molar-refractivity contribution in [3.63, 3.8) is 0 Å². The Morgan fingerprint density at radius 3 is 2.91 bits per heavy atom. The highest BCUT2D eigenvalue weighted by atomic mass is 35.5. The SMILES string of the molecule is C[C@H]1CCCCCN1CCCl.